The zero-order chi connectivity index (χ0) is 12.4. The molecule has 1 atom stereocenters. The standard InChI is InChI=1S/C13H18N4O/c1-2-11-6-16-13(18-11)8-17-9-15-7-12(17)10-3-4-14-5-10/h6-7,9-10,14H,2-5,8H2,1H3. The van der Waals surface area contributed by atoms with Crippen LogP contribution in [0.2, 0.25) is 0 Å². The summed E-state index contributed by atoms with van der Waals surface area (Å²) in [6.07, 6.45) is 7.70. The van der Waals surface area contributed by atoms with Gasteiger partial charge in [0.05, 0.1) is 12.5 Å². The van der Waals surface area contributed by atoms with Crippen molar-refractivity contribution in [3.05, 3.63) is 36.1 Å². The first-order chi connectivity index (χ1) is 8.86. The van der Waals surface area contributed by atoms with Crippen LogP contribution in [0.15, 0.2) is 23.1 Å². The van der Waals surface area contributed by atoms with Crippen LogP contribution in [-0.4, -0.2) is 27.6 Å². The van der Waals surface area contributed by atoms with Gasteiger partial charge in [-0.1, -0.05) is 6.92 Å². The Kier molecular flexibility index (Phi) is 3.15. The lowest BCUT2D eigenvalue weighted by Gasteiger charge is -2.11. The van der Waals surface area contributed by atoms with Crippen molar-refractivity contribution in [3.63, 3.8) is 0 Å². The van der Waals surface area contributed by atoms with Gasteiger partial charge in [0.15, 0.2) is 0 Å². The minimum absolute atomic E-state index is 0.563. The van der Waals surface area contributed by atoms with E-state index in [0.717, 1.165) is 31.2 Å². The summed E-state index contributed by atoms with van der Waals surface area (Å²) >= 11 is 0. The number of hydrogen-bond acceptors (Lipinski definition) is 4. The van der Waals surface area contributed by atoms with Gasteiger partial charge in [0.25, 0.3) is 0 Å². The van der Waals surface area contributed by atoms with Crippen LogP contribution >= 0.6 is 0 Å². The molecule has 2 aromatic rings. The van der Waals surface area contributed by atoms with Crippen LogP contribution < -0.4 is 5.32 Å². The summed E-state index contributed by atoms with van der Waals surface area (Å²) in [6.45, 7) is 4.87. The first-order valence-corrected chi connectivity index (χ1v) is 6.51. The minimum atomic E-state index is 0.563. The van der Waals surface area contributed by atoms with Crippen molar-refractivity contribution < 1.29 is 4.42 Å². The lowest BCUT2D eigenvalue weighted by Crippen LogP contribution is -2.12. The van der Waals surface area contributed by atoms with Gasteiger partial charge in [-0.3, -0.25) is 0 Å². The monoisotopic (exact) mass is 246 g/mol. The molecule has 0 spiro atoms. The highest BCUT2D eigenvalue weighted by atomic mass is 16.4. The van der Waals surface area contributed by atoms with E-state index in [1.165, 1.54) is 12.1 Å². The van der Waals surface area contributed by atoms with Gasteiger partial charge in [0.2, 0.25) is 5.89 Å². The molecule has 0 aromatic carbocycles. The Hall–Kier alpha value is -1.62. The van der Waals surface area contributed by atoms with Crippen molar-refractivity contribution in [2.75, 3.05) is 13.1 Å². The highest BCUT2D eigenvalue weighted by Gasteiger charge is 2.20. The Bertz CT molecular complexity index is 511. The molecule has 2 aromatic heterocycles. The van der Waals surface area contributed by atoms with Gasteiger partial charge in [-0.05, 0) is 13.0 Å². The van der Waals surface area contributed by atoms with Gasteiger partial charge in [-0.15, -0.1) is 0 Å². The first kappa shape index (κ1) is 11.5. The second-order valence-corrected chi connectivity index (χ2v) is 4.71. The van der Waals surface area contributed by atoms with Crippen molar-refractivity contribution in [2.45, 2.75) is 32.2 Å². The van der Waals surface area contributed by atoms with E-state index in [0.29, 0.717) is 12.5 Å². The van der Waals surface area contributed by atoms with Crippen molar-refractivity contribution in [1.82, 2.24) is 19.9 Å². The van der Waals surface area contributed by atoms with E-state index in [-0.39, 0.29) is 0 Å². The summed E-state index contributed by atoms with van der Waals surface area (Å²) in [6, 6.07) is 0. The summed E-state index contributed by atoms with van der Waals surface area (Å²) in [7, 11) is 0. The van der Waals surface area contributed by atoms with Gasteiger partial charge in [-0.25, -0.2) is 9.97 Å². The van der Waals surface area contributed by atoms with E-state index in [4.69, 9.17) is 4.42 Å². The number of oxazole rings is 1. The number of aromatic nitrogens is 3. The fourth-order valence-corrected chi connectivity index (χ4v) is 2.44. The molecule has 1 unspecified atom stereocenters. The maximum atomic E-state index is 5.65. The summed E-state index contributed by atoms with van der Waals surface area (Å²) in [5.41, 5.74) is 1.27. The second-order valence-electron chi connectivity index (χ2n) is 4.71. The third-order valence-corrected chi connectivity index (χ3v) is 3.48. The minimum Gasteiger partial charge on any atom is -0.444 e. The SMILES string of the molecule is CCc1cnc(Cn2cncc2C2CCNC2)o1. The van der Waals surface area contributed by atoms with Gasteiger partial charge in [0.1, 0.15) is 12.3 Å². The number of rotatable bonds is 4. The molecular weight excluding hydrogens is 228 g/mol. The van der Waals surface area contributed by atoms with Crippen LogP contribution in [-0.2, 0) is 13.0 Å². The first-order valence-electron chi connectivity index (χ1n) is 6.51. The Labute approximate surface area is 106 Å². The van der Waals surface area contributed by atoms with E-state index < -0.39 is 0 Å². The van der Waals surface area contributed by atoms with Crippen molar-refractivity contribution in [2.24, 2.45) is 0 Å². The van der Waals surface area contributed by atoms with Crippen LogP contribution in [0, 0.1) is 0 Å². The molecule has 18 heavy (non-hydrogen) atoms. The molecule has 1 saturated heterocycles. The molecule has 1 N–H and O–H groups in total. The average molecular weight is 246 g/mol. The normalized spacial score (nSPS) is 19.5. The molecule has 0 amide bonds. The zero-order valence-corrected chi connectivity index (χ0v) is 10.6. The molecule has 0 bridgehead atoms. The smallest absolute Gasteiger partial charge is 0.214 e. The molecule has 1 aliphatic heterocycles. The van der Waals surface area contributed by atoms with E-state index in [1.54, 1.807) is 0 Å². The van der Waals surface area contributed by atoms with Crippen LogP contribution in [0.3, 0.4) is 0 Å². The molecule has 5 nitrogen and oxygen atoms in total. The molecule has 0 saturated carbocycles. The number of aryl methyl sites for hydroxylation is 1. The number of nitrogens with one attached hydrogen (secondary N) is 1. The van der Waals surface area contributed by atoms with Gasteiger partial charge < -0.3 is 14.3 Å². The fourth-order valence-electron chi connectivity index (χ4n) is 2.44. The number of nitrogens with zero attached hydrogens (tertiary/aromatic N) is 3. The van der Waals surface area contributed by atoms with E-state index in [9.17, 15) is 0 Å². The summed E-state index contributed by atoms with van der Waals surface area (Å²) in [5, 5.41) is 3.38. The molecule has 0 aliphatic carbocycles. The lowest BCUT2D eigenvalue weighted by atomic mass is 10.1. The maximum absolute atomic E-state index is 5.65. The molecular formula is C13H18N4O. The average Bonchev–Trinajstić information content (AvgIpc) is 3.09. The maximum Gasteiger partial charge on any atom is 0.214 e. The third-order valence-electron chi connectivity index (χ3n) is 3.48. The van der Waals surface area contributed by atoms with Crippen LogP contribution in [0.1, 0.15) is 36.6 Å². The molecule has 96 valence electrons. The third kappa shape index (κ3) is 2.18. The van der Waals surface area contributed by atoms with Crippen LogP contribution in [0.4, 0.5) is 0 Å². The molecule has 3 heterocycles. The quantitative estimate of drug-likeness (QED) is 0.889. The van der Waals surface area contributed by atoms with Crippen LogP contribution in [0.5, 0.6) is 0 Å². The van der Waals surface area contributed by atoms with Crippen molar-refractivity contribution in [1.29, 1.82) is 0 Å². The molecule has 1 fully saturated rings. The zero-order valence-electron chi connectivity index (χ0n) is 10.6. The largest absolute Gasteiger partial charge is 0.444 e. The van der Waals surface area contributed by atoms with Crippen LogP contribution in [0.25, 0.3) is 0 Å². The fraction of sp³-hybridized carbons (Fsp3) is 0.538. The van der Waals surface area contributed by atoms with Gasteiger partial charge in [0, 0.05) is 30.8 Å². The number of hydrogen-bond donors (Lipinski definition) is 1. The van der Waals surface area contributed by atoms with Gasteiger partial charge >= 0.3 is 0 Å². The Morgan fingerprint density at radius 3 is 3.17 bits per heavy atom. The highest BCUT2D eigenvalue weighted by molar-refractivity contribution is 5.10. The van der Waals surface area contributed by atoms with E-state index in [1.807, 2.05) is 18.7 Å². The summed E-state index contributed by atoms with van der Waals surface area (Å²) < 4.78 is 7.79. The van der Waals surface area contributed by atoms with Crippen molar-refractivity contribution >= 4 is 0 Å². The molecule has 3 rings (SSSR count). The van der Waals surface area contributed by atoms with E-state index >= 15 is 0 Å². The Morgan fingerprint density at radius 1 is 1.50 bits per heavy atom. The Balaban J connectivity index is 1.78. The molecule has 0 radical (unpaired) electrons. The molecule has 5 heteroatoms. The topological polar surface area (TPSA) is 55.9 Å². The number of imidazole rings is 1. The predicted molar refractivity (Wildman–Crippen MR) is 67.4 cm³/mol. The lowest BCUT2D eigenvalue weighted by molar-refractivity contribution is 0.441. The van der Waals surface area contributed by atoms with E-state index in [2.05, 4.69) is 26.8 Å². The second kappa shape index (κ2) is 4.94. The molecule has 1 aliphatic rings. The van der Waals surface area contributed by atoms with Gasteiger partial charge in [-0.2, -0.15) is 0 Å². The van der Waals surface area contributed by atoms with Crippen molar-refractivity contribution in [3.8, 4) is 0 Å². The Morgan fingerprint density at radius 2 is 2.44 bits per heavy atom. The highest BCUT2D eigenvalue weighted by Crippen LogP contribution is 2.22. The predicted octanol–water partition coefficient (Wildman–Crippen LogP) is 1.56. The summed E-state index contributed by atoms with van der Waals surface area (Å²) in [4.78, 5) is 8.55. The summed E-state index contributed by atoms with van der Waals surface area (Å²) in [5.74, 6) is 2.26.